The molecule has 1 fully saturated rings. The van der Waals surface area contributed by atoms with Gasteiger partial charge >= 0.3 is 0 Å². The van der Waals surface area contributed by atoms with Crippen LogP contribution in [0, 0.1) is 5.92 Å². The number of hydrogen-bond donors (Lipinski definition) is 0. The first-order valence-electron chi connectivity index (χ1n) is 6.91. The van der Waals surface area contributed by atoms with Crippen LogP contribution in [0.2, 0.25) is 0 Å². The first-order chi connectivity index (χ1) is 9.54. The van der Waals surface area contributed by atoms with Gasteiger partial charge in [0.05, 0.1) is 10.6 Å². The smallest absolute Gasteiger partial charge is 0.260 e. The van der Waals surface area contributed by atoms with E-state index >= 15 is 0 Å². The number of hydrogen-bond acceptors (Lipinski definition) is 2. The molecule has 0 spiro atoms. The van der Waals surface area contributed by atoms with E-state index < -0.39 is 0 Å². The average molecular weight is 354 g/mol. The predicted molar refractivity (Wildman–Crippen MR) is 89.8 cm³/mol. The van der Waals surface area contributed by atoms with Gasteiger partial charge in [0.15, 0.2) is 0 Å². The van der Waals surface area contributed by atoms with E-state index in [1.165, 1.54) is 0 Å². The van der Waals surface area contributed by atoms with E-state index in [-0.39, 0.29) is 5.91 Å². The summed E-state index contributed by atoms with van der Waals surface area (Å²) in [7, 11) is 0. The number of benzene rings is 1. The Labute approximate surface area is 133 Å². The maximum Gasteiger partial charge on any atom is 0.260 e. The molecule has 0 aromatic heterocycles. The Kier molecular flexibility index (Phi) is 5.33. The number of halogens is 1. The molecular formula is C16H20BrNOS. The van der Waals surface area contributed by atoms with E-state index in [0.717, 1.165) is 27.2 Å². The van der Waals surface area contributed by atoms with Crippen molar-refractivity contribution in [2.45, 2.75) is 33.2 Å². The van der Waals surface area contributed by atoms with Gasteiger partial charge in [-0.3, -0.25) is 9.69 Å². The van der Waals surface area contributed by atoms with Crippen molar-refractivity contribution in [1.82, 2.24) is 4.90 Å². The molecule has 1 saturated heterocycles. The second-order valence-corrected chi connectivity index (χ2v) is 7.27. The molecule has 2 nitrogen and oxygen atoms in total. The zero-order valence-electron chi connectivity index (χ0n) is 12.1. The van der Waals surface area contributed by atoms with Gasteiger partial charge in [0, 0.05) is 16.3 Å². The molecular weight excluding hydrogens is 334 g/mol. The fraction of sp³-hybridized carbons (Fsp3) is 0.438. The number of carbonyl (C=O) groups excluding carboxylic acids is 1. The lowest BCUT2D eigenvalue weighted by atomic mass is 10.0. The van der Waals surface area contributed by atoms with Gasteiger partial charge in [0.2, 0.25) is 0 Å². The Hall–Kier alpha value is -0.740. The molecule has 1 aromatic rings. The summed E-state index contributed by atoms with van der Waals surface area (Å²) in [6.45, 7) is 6.42. The number of nitrogens with zero attached hydrogens (tertiary/aromatic N) is 1. The molecule has 1 heterocycles. The van der Waals surface area contributed by atoms with Gasteiger partial charge in [-0.1, -0.05) is 32.1 Å². The minimum absolute atomic E-state index is 0.0984. The van der Waals surface area contributed by atoms with Gasteiger partial charge in [0.1, 0.15) is 0 Å². The van der Waals surface area contributed by atoms with E-state index in [4.69, 9.17) is 0 Å². The third kappa shape index (κ3) is 3.29. The van der Waals surface area contributed by atoms with Crippen LogP contribution in [0.5, 0.6) is 0 Å². The average Bonchev–Trinajstić information content (AvgIpc) is 2.80. The standard InChI is InChI=1S/C16H20BrNOS/c1-4-15-18(12(10-20-15)9-11(2)3)16(19)13-7-5-6-8-14(13)17/h4-8,11-12H,9-10H2,1-3H3/b15-4-/t12-/m0/s1. The molecule has 108 valence electrons. The van der Waals surface area contributed by atoms with Crippen molar-refractivity contribution in [3.63, 3.8) is 0 Å². The maximum absolute atomic E-state index is 12.9. The predicted octanol–water partition coefficient (Wildman–Crippen LogP) is 4.91. The van der Waals surface area contributed by atoms with Crippen LogP contribution in [0.15, 0.2) is 39.8 Å². The van der Waals surface area contributed by atoms with Crippen molar-refractivity contribution in [3.05, 3.63) is 45.4 Å². The quantitative estimate of drug-likeness (QED) is 0.768. The van der Waals surface area contributed by atoms with E-state index in [9.17, 15) is 4.79 Å². The Morgan fingerprint density at radius 3 is 2.80 bits per heavy atom. The molecule has 1 amide bonds. The molecule has 1 aliphatic heterocycles. The van der Waals surface area contributed by atoms with E-state index in [1.54, 1.807) is 11.8 Å². The van der Waals surface area contributed by atoms with Crippen molar-refractivity contribution in [3.8, 4) is 0 Å². The number of amides is 1. The Morgan fingerprint density at radius 1 is 1.50 bits per heavy atom. The summed E-state index contributed by atoms with van der Waals surface area (Å²) in [6.07, 6.45) is 3.08. The fourth-order valence-electron chi connectivity index (χ4n) is 2.48. The van der Waals surface area contributed by atoms with Crippen LogP contribution in [0.1, 0.15) is 37.6 Å². The first kappa shape index (κ1) is 15.6. The van der Waals surface area contributed by atoms with Crippen molar-refractivity contribution in [2.75, 3.05) is 5.75 Å². The topological polar surface area (TPSA) is 20.3 Å². The minimum atomic E-state index is 0.0984. The highest BCUT2D eigenvalue weighted by Crippen LogP contribution is 2.37. The molecule has 0 unspecified atom stereocenters. The Bertz CT molecular complexity index is 527. The number of allylic oxidation sites excluding steroid dienone is 1. The molecule has 0 N–H and O–H groups in total. The van der Waals surface area contributed by atoms with E-state index in [0.29, 0.717) is 12.0 Å². The molecule has 0 radical (unpaired) electrons. The Morgan fingerprint density at radius 2 is 2.20 bits per heavy atom. The molecule has 1 aliphatic rings. The van der Waals surface area contributed by atoms with Gasteiger partial charge in [-0.15, -0.1) is 11.8 Å². The summed E-state index contributed by atoms with van der Waals surface area (Å²) in [6, 6.07) is 7.94. The van der Waals surface area contributed by atoms with Crippen LogP contribution in [0.3, 0.4) is 0 Å². The summed E-state index contributed by atoms with van der Waals surface area (Å²) in [5, 5.41) is 1.08. The van der Waals surface area contributed by atoms with Crippen molar-refractivity contribution >= 4 is 33.6 Å². The van der Waals surface area contributed by atoms with E-state index in [1.807, 2.05) is 42.2 Å². The van der Waals surface area contributed by atoms with Crippen LogP contribution in [0.4, 0.5) is 0 Å². The normalized spacial score (nSPS) is 20.9. The van der Waals surface area contributed by atoms with Gasteiger partial charge in [-0.05, 0) is 47.3 Å². The van der Waals surface area contributed by atoms with Crippen molar-refractivity contribution in [1.29, 1.82) is 0 Å². The monoisotopic (exact) mass is 353 g/mol. The molecule has 0 aliphatic carbocycles. The molecule has 4 heteroatoms. The van der Waals surface area contributed by atoms with Crippen molar-refractivity contribution in [2.24, 2.45) is 5.92 Å². The third-order valence-corrected chi connectivity index (χ3v) is 5.31. The minimum Gasteiger partial charge on any atom is -0.299 e. The highest BCUT2D eigenvalue weighted by molar-refractivity contribution is 9.10. The lowest BCUT2D eigenvalue weighted by molar-refractivity contribution is 0.0770. The van der Waals surface area contributed by atoms with Crippen LogP contribution in [-0.2, 0) is 0 Å². The highest BCUT2D eigenvalue weighted by atomic mass is 79.9. The van der Waals surface area contributed by atoms with Gasteiger partial charge in [0.25, 0.3) is 5.91 Å². The van der Waals surface area contributed by atoms with Gasteiger partial charge < -0.3 is 0 Å². The van der Waals surface area contributed by atoms with Crippen LogP contribution < -0.4 is 0 Å². The number of rotatable bonds is 3. The summed E-state index contributed by atoms with van der Waals surface area (Å²) in [5.41, 5.74) is 0.739. The fourth-order valence-corrected chi connectivity index (χ4v) is 4.12. The third-order valence-electron chi connectivity index (χ3n) is 3.34. The summed E-state index contributed by atoms with van der Waals surface area (Å²) >= 11 is 5.26. The second kappa shape index (κ2) is 6.81. The zero-order valence-corrected chi connectivity index (χ0v) is 14.5. The van der Waals surface area contributed by atoms with Gasteiger partial charge in [-0.25, -0.2) is 0 Å². The lowest BCUT2D eigenvalue weighted by Gasteiger charge is -2.26. The molecule has 20 heavy (non-hydrogen) atoms. The molecule has 2 rings (SSSR count). The zero-order chi connectivity index (χ0) is 14.7. The summed E-state index contributed by atoms with van der Waals surface area (Å²) < 4.78 is 0.862. The summed E-state index contributed by atoms with van der Waals surface area (Å²) in [4.78, 5) is 14.8. The molecule has 1 aromatic carbocycles. The van der Waals surface area contributed by atoms with Crippen LogP contribution in [-0.4, -0.2) is 22.6 Å². The highest BCUT2D eigenvalue weighted by Gasteiger charge is 2.34. The Balaban J connectivity index is 2.31. The maximum atomic E-state index is 12.9. The lowest BCUT2D eigenvalue weighted by Crippen LogP contribution is -2.36. The first-order valence-corrected chi connectivity index (χ1v) is 8.69. The second-order valence-electron chi connectivity index (χ2n) is 5.38. The number of carbonyl (C=O) groups is 1. The SMILES string of the molecule is C/C=C1\SC[C@H](CC(C)C)N1C(=O)c1ccccc1Br. The van der Waals surface area contributed by atoms with Gasteiger partial charge in [-0.2, -0.15) is 0 Å². The van der Waals surface area contributed by atoms with E-state index in [2.05, 4.69) is 29.8 Å². The van der Waals surface area contributed by atoms with Crippen LogP contribution in [0.25, 0.3) is 0 Å². The molecule has 0 bridgehead atoms. The molecule has 1 atom stereocenters. The molecule has 0 saturated carbocycles. The van der Waals surface area contributed by atoms with Crippen LogP contribution >= 0.6 is 27.7 Å². The largest absolute Gasteiger partial charge is 0.299 e. The number of thioether (sulfide) groups is 1. The van der Waals surface area contributed by atoms with Crippen molar-refractivity contribution < 1.29 is 4.79 Å². The summed E-state index contributed by atoms with van der Waals surface area (Å²) in [5.74, 6) is 1.68.